The molecule has 0 aliphatic carbocycles. The third-order valence-electron chi connectivity index (χ3n) is 4.95. The third kappa shape index (κ3) is 3.41. The fourth-order valence-electron chi connectivity index (χ4n) is 3.51. The maximum Gasteiger partial charge on any atom is 0.265 e. The molecule has 2 aliphatic rings. The Morgan fingerprint density at radius 1 is 1.04 bits per heavy atom. The van der Waals surface area contributed by atoms with E-state index < -0.39 is 6.10 Å². The second kappa shape index (κ2) is 7.90. The van der Waals surface area contributed by atoms with Crippen molar-refractivity contribution in [2.24, 2.45) is 0 Å². The van der Waals surface area contributed by atoms with Gasteiger partial charge in [-0.2, -0.15) is 0 Å². The number of carbonyl (C=O) groups excluding carboxylic acids is 2. The first kappa shape index (κ1) is 18.3. The van der Waals surface area contributed by atoms with Gasteiger partial charge in [0.2, 0.25) is 0 Å². The smallest absolute Gasteiger partial charge is 0.265 e. The summed E-state index contributed by atoms with van der Waals surface area (Å²) < 4.78 is 16.6. The van der Waals surface area contributed by atoms with Gasteiger partial charge in [-0.1, -0.05) is 24.3 Å². The Balaban J connectivity index is 1.65. The summed E-state index contributed by atoms with van der Waals surface area (Å²) in [5, 5.41) is 0. The monoisotopic (exact) mass is 382 g/mol. The highest BCUT2D eigenvalue weighted by molar-refractivity contribution is 6.09. The Morgan fingerprint density at radius 2 is 1.75 bits per heavy atom. The first-order valence-corrected chi connectivity index (χ1v) is 9.26. The van der Waals surface area contributed by atoms with Gasteiger partial charge < -0.3 is 24.0 Å². The number of carbonyl (C=O) groups is 2. The van der Waals surface area contributed by atoms with Crippen molar-refractivity contribution in [1.29, 1.82) is 0 Å². The summed E-state index contributed by atoms with van der Waals surface area (Å²) in [4.78, 5) is 29.6. The topological polar surface area (TPSA) is 68.3 Å². The van der Waals surface area contributed by atoms with Crippen LogP contribution >= 0.6 is 0 Å². The molecule has 0 bridgehead atoms. The number of para-hydroxylation sites is 3. The lowest BCUT2D eigenvalue weighted by Gasteiger charge is -2.37. The molecule has 4 rings (SSSR count). The van der Waals surface area contributed by atoms with Crippen LogP contribution in [-0.4, -0.2) is 62.8 Å². The molecule has 1 fully saturated rings. The molecule has 1 unspecified atom stereocenters. The summed E-state index contributed by atoms with van der Waals surface area (Å²) in [7, 11) is 1.53. The zero-order valence-corrected chi connectivity index (χ0v) is 15.7. The second-order valence-electron chi connectivity index (χ2n) is 6.63. The number of hydrogen-bond acceptors (Lipinski definition) is 5. The molecule has 0 saturated carbocycles. The molecule has 1 saturated heterocycles. The van der Waals surface area contributed by atoms with E-state index in [1.165, 1.54) is 7.11 Å². The van der Waals surface area contributed by atoms with Crippen LogP contribution in [0.15, 0.2) is 48.5 Å². The maximum absolute atomic E-state index is 13.3. The predicted octanol–water partition coefficient (Wildman–Crippen LogP) is 1.96. The van der Waals surface area contributed by atoms with E-state index in [-0.39, 0.29) is 18.4 Å². The summed E-state index contributed by atoms with van der Waals surface area (Å²) in [6, 6.07) is 14.3. The van der Waals surface area contributed by atoms with Crippen LogP contribution in [0.1, 0.15) is 10.4 Å². The molecule has 2 aromatic rings. The van der Waals surface area contributed by atoms with E-state index in [1.807, 2.05) is 24.3 Å². The Kier molecular flexibility index (Phi) is 5.16. The molecule has 2 aromatic carbocycles. The number of ether oxygens (including phenoxy) is 3. The molecule has 0 radical (unpaired) electrons. The molecule has 28 heavy (non-hydrogen) atoms. The van der Waals surface area contributed by atoms with Gasteiger partial charge in [-0.3, -0.25) is 9.59 Å². The van der Waals surface area contributed by atoms with Crippen molar-refractivity contribution in [2.45, 2.75) is 6.10 Å². The average Bonchev–Trinajstić information content (AvgIpc) is 2.77. The number of benzene rings is 2. The Bertz CT molecular complexity index is 879. The van der Waals surface area contributed by atoms with E-state index >= 15 is 0 Å². The normalized spacial score (nSPS) is 18.8. The second-order valence-corrected chi connectivity index (χ2v) is 6.63. The van der Waals surface area contributed by atoms with Crippen molar-refractivity contribution >= 4 is 17.5 Å². The van der Waals surface area contributed by atoms with Gasteiger partial charge in [0.1, 0.15) is 11.5 Å². The van der Waals surface area contributed by atoms with Gasteiger partial charge in [-0.15, -0.1) is 0 Å². The molecule has 1 atom stereocenters. The molecule has 2 heterocycles. The summed E-state index contributed by atoms with van der Waals surface area (Å²) in [6.07, 6.45) is -0.758. The SMILES string of the molecule is COc1ccccc1C(=O)N1CC(C(=O)N2CCOCC2)Oc2ccccc21. The van der Waals surface area contributed by atoms with Crippen molar-refractivity contribution in [2.75, 3.05) is 44.9 Å². The summed E-state index contributed by atoms with van der Waals surface area (Å²) in [6.45, 7) is 2.23. The largest absolute Gasteiger partial charge is 0.496 e. The molecule has 2 amide bonds. The van der Waals surface area contributed by atoms with Gasteiger partial charge in [0.25, 0.3) is 11.8 Å². The first-order valence-electron chi connectivity index (χ1n) is 9.26. The number of anilines is 1. The Morgan fingerprint density at radius 3 is 2.54 bits per heavy atom. The molecule has 0 N–H and O–H groups in total. The first-order chi connectivity index (χ1) is 13.7. The number of nitrogens with zero attached hydrogens (tertiary/aromatic N) is 2. The number of morpholine rings is 1. The lowest BCUT2D eigenvalue weighted by atomic mass is 10.1. The van der Waals surface area contributed by atoms with Crippen LogP contribution in [0.2, 0.25) is 0 Å². The zero-order chi connectivity index (χ0) is 19.5. The predicted molar refractivity (Wildman–Crippen MR) is 103 cm³/mol. The van der Waals surface area contributed by atoms with Crippen LogP contribution in [0, 0.1) is 0 Å². The standard InChI is InChI=1S/C21H22N2O5/c1-26-17-8-4-2-6-15(17)20(24)23-14-19(21(25)22-10-12-27-13-11-22)28-18-9-5-3-7-16(18)23/h2-9,19H,10-14H2,1H3. The lowest BCUT2D eigenvalue weighted by molar-refractivity contribution is -0.142. The van der Waals surface area contributed by atoms with E-state index in [9.17, 15) is 9.59 Å². The van der Waals surface area contributed by atoms with Crippen molar-refractivity contribution in [1.82, 2.24) is 4.90 Å². The van der Waals surface area contributed by atoms with Gasteiger partial charge >= 0.3 is 0 Å². The zero-order valence-electron chi connectivity index (χ0n) is 15.7. The molecule has 7 heteroatoms. The highest BCUT2D eigenvalue weighted by Gasteiger charge is 2.37. The van der Waals surface area contributed by atoms with Gasteiger partial charge in [-0.05, 0) is 24.3 Å². The fraction of sp³-hybridized carbons (Fsp3) is 0.333. The molecular weight excluding hydrogens is 360 g/mol. The van der Waals surface area contributed by atoms with E-state index in [4.69, 9.17) is 14.2 Å². The number of fused-ring (bicyclic) bond motifs is 1. The van der Waals surface area contributed by atoms with Crippen LogP contribution in [0.5, 0.6) is 11.5 Å². The molecular formula is C21H22N2O5. The van der Waals surface area contributed by atoms with E-state index in [2.05, 4.69) is 0 Å². The minimum Gasteiger partial charge on any atom is -0.496 e. The Labute approximate surface area is 163 Å². The van der Waals surface area contributed by atoms with Gasteiger partial charge in [0.05, 0.1) is 38.1 Å². The quantitative estimate of drug-likeness (QED) is 0.812. The lowest BCUT2D eigenvalue weighted by Crippen LogP contribution is -2.54. The minimum atomic E-state index is -0.758. The fourth-order valence-corrected chi connectivity index (χ4v) is 3.51. The van der Waals surface area contributed by atoms with Crippen molar-refractivity contribution in [3.63, 3.8) is 0 Å². The molecule has 7 nitrogen and oxygen atoms in total. The number of rotatable bonds is 3. The van der Waals surface area contributed by atoms with Gasteiger partial charge in [0.15, 0.2) is 6.10 Å². The minimum absolute atomic E-state index is 0.129. The highest BCUT2D eigenvalue weighted by Crippen LogP contribution is 2.35. The van der Waals surface area contributed by atoms with Crippen LogP contribution < -0.4 is 14.4 Å². The molecule has 146 valence electrons. The molecule has 0 spiro atoms. The summed E-state index contributed by atoms with van der Waals surface area (Å²) >= 11 is 0. The summed E-state index contributed by atoms with van der Waals surface area (Å²) in [5.74, 6) is 0.653. The third-order valence-corrected chi connectivity index (χ3v) is 4.95. The van der Waals surface area contributed by atoms with E-state index in [0.29, 0.717) is 49.1 Å². The highest BCUT2D eigenvalue weighted by atomic mass is 16.5. The number of hydrogen-bond donors (Lipinski definition) is 0. The Hall–Kier alpha value is -3.06. The van der Waals surface area contributed by atoms with Crippen molar-refractivity contribution in [3.05, 3.63) is 54.1 Å². The molecule has 0 aromatic heterocycles. The number of amides is 2. The summed E-state index contributed by atoms with van der Waals surface area (Å²) in [5.41, 5.74) is 1.09. The van der Waals surface area contributed by atoms with Crippen LogP contribution in [-0.2, 0) is 9.53 Å². The van der Waals surface area contributed by atoms with Gasteiger partial charge in [0, 0.05) is 13.1 Å². The van der Waals surface area contributed by atoms with Crippen LogP contribution in [0.25, 0.3) is 0 Å². The number of methoxy groups -OCH3 is 1. The van der Waals surface area contributed by atoms with Gasteiger partial charge in [-0.25, -0.2) is 0 Å². The van der Waals surface area contributed by atoms with Crippen LogP contribution in [0.4, 0.5) is 5.69 Å². The van der Waals surface area contributed by atoms with E-state index in [1.54, 1.807) is 34.1 Å². The van der Waals surface area contributed by atoms with Crippen LogP contribution in [0.3, 0.4) is 0 Å². The molecule has 2 aliphatic heterocycles. The van der Waals surface area contributed by atoms with E-state index in [0.717, 1.165) is 0 Å². The maximum atomic E-state index is 13.3. The van der Waals surface area contributed by atoms with Crippen molar-refractivity contribution < 1.29 is 23.8 Å². The average molecular weight is 382 g/mol. The van der Waals surface area contributed by atoms with Crippen molar-refractivity contribution in [3.8, 4) is 11.5 Å².